The SMILES string of the molecule is CNc1ccc(C(=O)NC(CCC(=O)O)C(=O)O)cc1. The summed E-state index contributed by atoms with van der Waals surface area (Å²) in [5.74, 6) is -2.92. The van der Waals surface area contributed by atoms with E-state index in [1.165, 1.54) is 0 Å². The van der Waals surface area contributed by atoms with E-state index in [2.05, 4.69) is 10.6 Å². The second-order valence-corrected chi connectivity index (χ2v) is 4.12. The van der Waals surface area contributed by atoms with Gasteiger partial charge < -0.3 is 20.8 Å². The van der Waals surface area contributed by atoms with Crippen LogP contribution in [0.2, 0.25) is 0 Å². The summed E-state index contributed by atoms with van der Waals surface area (Å²) in [7, 11) is 1.74. The van der Waals surface area contributed by atoms with E-state index >= 15 is 0 Å². The fourth-order valence-electron chi connectivity index (χ4n) is 1.56. The van der Waals surface area contributed by atoms with Crippen LogP contribution in [0.25, 0.3) is 0 Å². The van der Waals surface area contributed by atoms with Crippen molar-refractivity contribution >= 4 is 23.5 Å². The van der Waals surface area contributed by atoms with Crippen molar-refractivity contribution < 1.29 is 24.6 Å². The Hall–Kier alpha value is -2.57. The van der Waals surface area contributed by atoms with E-state index in [9.17, 15) is 14.4 Å². The molecule has 0 saturated heterocycles. The number of carbonyl (C=O) groups excluding carboxylic acids is 1. The largest absolute Gasteiger partial charge is 0.481 e. The van der Waals surface area contributed by atoms with Gasteiger partial charge in [0.05, 0.1) is 0 Å². The highest BCUT2D eigenvalue weighted by Crippen LogP contribution is 2.09. The Morgan fingerprint density at radius 1 is 1.15 bits per heavy atom. The van der Waals surface area contributed by atoms with E-state index < -0.39 is 23.9 Å². The second-order valence-electron chi connectivity index (χ2n) is 4.12. The van der Waals surface area contributed by atoms with E-state index in [0.29, 0.717) is 5.56 Å². The molecular weight excluding hydrogens is 264 g/mol. The molecule has 0 spiro atoms. The van der Waals surface area contributed by atoms with Crippen LogP contribution in [-0.4, -0.2) is 41.1 Å². The summed E-state index contributed by atoms with van der Waals surface area (Å²) in [5, 5.41) is 22.7. The number of carbonyl (C=O) groups is 3. The predicted molar refractivity (Wildman–Crippen MR) is 71.7 cm³/mol. The Balaban J connectivity index is 2.69. The number of nitrogens with one attached hydrogen (secondary N) is 2. The fourth-order valence-corrected chi connectivity index (χ4v) is 1.56. The second kappa shape index (κ2) is 7.13. The molecule has 0 aliphatic heterocycles. The lowest BCUT2D eigenvalue weighted by Gasteiger charge is -2.13. The number of amides is 1. The minimum atomic E-state index is -1.26. The van der Waals surface area contributed by atoms with Crippen molar-refractivity contribution in [2.45, 2.75) is 18.9 Å². The summed E-state index contributed by atoms with van der Waals surface area (Å²) in [6.45, 7) is 0. The van der Waals surface area contributed by atoms with Gasteiger partial charge in [0.15, 0.2) is 0 Å². The van der Waals surface area contributed by atoms with Gasteiger partial charge in [-0.15, -0.1) is 0 Å². The summed E-state index contributed by atoms with van der Waals surface area (Å²) >= 11 is 0. The molecule has 0 heterocycles. The zero-order valence-electron chi connectivity index (χ0n) is 10.9. The van der Waals surface area contributed by atoms with Crippen LogP contribution in [0.1, 0.15) is 23.2 Å². The van der Waals surface area contributed by atoms with Crippen LogP contribution in [0.5, 0.6) is 0 Å². The van der Waals surface area contributed by atoms with Gasteiger partial charge in [0.2, 0.25) is 0 Å². The van der Waals surface area contributed by atoms with Gasteiger partial charge in [-0.3, -0.25) is 9.59 Å². The first kappa shape index (κ1) is 15.5. The molecule has 20 heavy (non-hydrogen) atoms. The molecule has 7 heteroatoms. The monoisotopic (exact) mass is 280 g/mol. The molecule has 0 aromatic heterocycles. The van der Waals surface area contributed by atoms with Crippen LogP contribution in [0.3, 0.4) is 0 Å². The quantitative estimate of drug-likeness (QED) is 0.586. The third-order valence-corrected chi connectivity index (χ3v) is 2.69. The maximum absolute atomic E-state index is 11.9. The Morgan fingerprint density at radius 2 is 1.75 bits per heavy atom. The molecular formula is C13H16N2O5. The van der Waals surface area contributed by atoms with E-state index in [0.717, 1.165) is 5.69 Å². The van der Waals surface area contributed by atoms with Gasteiger partial charge in [-0.05, 0) is 30.7 Å². The average molecular weight is 280 g/mol. The van der Waals surface area contributed by atoms with Gasteiger partial charge in [0.25, 0.3) is 5.91 Å². The van der Waals surface area contributed by atoms with Crippen LogP contribution >= 0.6 is 0 Å². The van der Waals surface area contributed by atoms with Crippen molar-refractivity contribution in [1.82, 2.24) is 5.32 Å². The van der Waals surface area contributed by atoms with E-state index in [4.69, 9.17) is 10.2 Å². The van der Waals surface area contributed by atoms with Crippen molar-refractivity contribution in [2.75, 3.05) is 12.4 Å². The molecule has 0 aliphatic carbocycles. The van der Waals surface area contributed by atoms with Gasteiger partial charge in [-0.25, -0.2) is 4.79 Å². The average Bonchev–Trinajstić information content (AvgIpc) is 2.42. The van der Waals surface area contributed by atoms with Gasteiger partial charge >= 0.3 is 11.9 Å². The molecule has 1 atom stereocenters. The Labute approximate surface area is 115 Å². The molecule has 1 amide bonds. The molecule has 1 rings (SSSR count). The van der Waals surface area contributed by atoms with E-state index in [-0.39, 0.29) is 12.8 Å². The summed E-state index contributed by atoms with van der Waals surface area (Å²) in [5.41, 5.74) is 1.13. The number of hydrogen-bond donors (Lipinski definition) is 4. The zero-order valence-corrected chi connectivity index (χ0v) is 10.9. The smallest absolute Gasteiger partial charge is 0.326 e. The first-order chi connectivity index (χ1) is 9.43. The van der Waals surface area contributed by atoms with Crippen molar-refractivity contribution in [3.05, 3.63) is 29.8 Å². The molecule has 0 radical (unpaired) electrons. The third kappa shape index (κ3) is 4.60. The lowest BCUT2D eigenvalue weighted by molar-refractivity contribution is -0.140. The first-order valence-electron chi connectivity index (χ1n) is 5.97. The molecule has 0 aliphatic rings. The highest BCUT2D eigenvalue weighted by atomic mass is 16.4. The van der Waals surface area contributed by atoms with Crippen LogP contribution in [0, 0.1) is 0 Å². The van der Waals surface area contributed by atoms with Crippen molar-refractivity contribution in [3.8, 4) is 0 Å². The minimum Gasteiger partial charge on any atom is -0.481 e. The Morgan fingerprint density at radius 3 is 2.20 bits per heavy atom. The van der Waals surface area contributed by atoms with Crippen molar-refractivity contribution in [2.24, 2.45) is 0 Å². The fraction of sp³-hybridized carbons (Fsp3) is 0.308. The van der Waals surface area contributed by atoms with Gasteiger partial charge in [-0.2, -0.15) is 0 Å². The van der Waals surface area contributed by atoms with Gasteiger partial charge in [0, 0.05) is 24.7 Å². The lowest BCUT2D eigenvalue weighted by atomic mass is 10.1. The predicted octanol–water partition coefficient (Wildman–Crippen LogP) is 0.776. The maximum atomic E-state index is 11.9. The normalized spacial score (nSPS) is 11.4. The number of anilines is 1. The maximum Gasteiger partial charge on any atom is 0.326 e. The summed E-state index contributed by atoms with van der Waals surface area (Å²) < 4.78 is 0. The molecule has 1 aromatic carbocycles. The summed E-state index contributed by atoms with van der Waals surface area (Å²) in [4.78, 5) is 33.3. The Kier molecular flexibility index (Phi) is 5.52. The van der Waals surface area contributed by atoms with Crippen molar-refractivity contribution in [3.63, 3.8) is 0 Å². The number of hydrogen-bond acceptors (Lipinski definition) is 4. The molecule has 0 bridgehead atoms. The molecule has 7 nitrogen and oxygen atoms in total. The molecule has 0 fully saturated rings. The van der Waals surface area contributed by atoms with Crippen LogP contribution in [0.15, 0.2) is 24.3 Å². The highest BCUT2D eigenvalue weighted by molar-refractivity contribution is 5.96. The van der Waals surface area contributed by atoms with Crippen LogP contribution < -0.4 is 10.6 Å². The Bertz CT molecular complexity index is 498. The third-order valence-electron chi connectivity index (χ3n) is 2.69. The number of aliphatic carboxylic acids is 2. The minimum absolute atomic E-state index is 0.162. The van der Waals surface area contributed by atoms with Gasteiger partial charge in [-0.1, -0.05) is 0 Å². The zero-order chi connectivity index (χ0) is 15.1. The van der Waals surface area contributed by atoms with Gasteiger partial charge in [0.1, 0.15) is 6.04 Å². The number of benzene rings is 1. The summed E-state index contributed by atoms with van der Waals surface area (Å²) in [6.07, 6.45) is -0.485. The molecule has 1 aromatic rings. The number of carboxylic acid groups (broad SMARTS) is 2. The van der Waals surface area contributed by atoms with Crippen LogP contribution in [-0.2, 0) is 9.59 Å². The number of carboxylic acids is 2. The van der Waals surface area contributed by atoms with E-state index in [1.807, 2.05) is 0 Å². The molecule has 4 N–H and O–H groups in total. The van der Waals surface area contributed by atoms with Crippen LogP contribution in [0.4, 0.5) is 5.69 Å². The summed E-state index contributed by atoms with van der Waals surface area (Å²) in [6, 6.07) is 5.25. The number of rotatable bonds is 7. The molecule has 1 unspecified atom stereocenters. The van der Waals surface area contributed by atoms with E-state index in [1.54, 1.807) is 31.3 Å². The molecule has 108 valence electrons. The van der Waals surface area contributed by atoms with Crippen molar-refractivity contribution in [1.29, 1.82) is 0 Å². The lowest BCUT2D eigenvalue weighted by Crippen LogP contribution is -2.41. The first-order valence-corrected chi connectivity index (χ1v) is 5.97. The molecule has 0 saturated carbocycles. The highest BCUT2D eigenvalue weighted by Gasteiger charge is 2.21. The standard InChI is InChI=1S/C13H16N2O5/c1-14-9-4-2-8(3-5-9)12(18)15-10(13(19)20)6-7-11(16)17/h2-5,10,14H,6-7H2,1H3,(H,15,18)(H,16,17)(H,19,20). The topological polar surface area (TPSA) is 116 Å².